The van der Waals surface area contributed by atoms with Crippen molar-refractivity contribution >= 4 is 12.3 Å². The number of cyclic esters (lactones) is 1. The second-order valence-electron chi connectivity index (χ2n) is 2.39. The zero-order valence-electron chi connectivity index (χ0n) is 5.71. The van der Waals surface area contributed by atoms with E-state index in [4.69, 9.17) is 4.74 Å². The van der Waals surface area contributed by atoms with Crippen molar-refractivity contribution in [1.29, 1.82) is 0 Å². The Morgan fingerprint density at radius 3 is 3.00 bits per heavy atom. The van der Waals surface area contributed by atoms with Crippen LogP contribution in [0.2, 0.25) is 0 Å². The molecule has 10 heavy (non-hydrogen) atoms. The van der Waals surface area contributed by atoms with Gasteiger partial charge in [-0.3, -0.25) is 4.79 Å². The molecule has 0 aromatic heterocycles. The topological polar surface area (TPSA) is 43.4 Å². The van der Waals surface area contributed by atoms with Gasteiger partial charge in [-0.05, 0) is 12.8 Å². The Kier molecular flexibility index (Phi) is 2.42. The molecule has 0 radical (unpaired) electrons. The molecule has 1 fully saturated rings. The van der Waals surface area contributed by atoms with Crippen LogP contribution in [-0.2, 0) is 14.3 Å². The van der Waals surface area contributed by atoms with Crippen molar-refractivity contribution < 1.29 is 14.3 Å². The summed E-state index contributed by atoms with van der Waals surface area (Å²) in [6.45, 7) is 0. The predicted molar refractivity (Wildman–Crippen MR) is 34.4 cm³/mol. The van der Waals surface area contributed by atoms with E-state index in [0.29, 0.717) is 19.3 Å². The fourth-order valence-electron chi connectivity index (χ4n) is 1.04. The van der Waals surface area contributed by atoms with Crippen LogP contribution in [0.1, 0.15) is 25.7 Å². The van der Waals surface area contributed by atoms with Crippen LogP contribution in [0, 0.1) is 0 Å². The smallest absolute Gasteiger partial charge is 0.306 e. The largest absolute Gasteiger partial charge is 0.462 e. The van der Waals surface area contributed by atoms with Crippen LogP contribution in [0.4, 0.5) is 0 Å². The molecule has 0 saturated carbocycles. The molecule has 1 heterocycles. The van der Waals surface area contributed by atoms with Crippen molar-refractivity contribution in [3.63, 3.8) is 0 Å². The minimum Gasteiger partial charge on any atom is -0.462 e. The highest BCUT2D eigenvalue weighted by Crippen LogP contribution is 2.17. The molecule has 0 aromatic rings. The zero-order chi connectivity index (χ0) is 7.40. The summed E-state index contributed by atoms with van der Waals surface area (Å²) >= 11 is 0. The van der Waals surface area contributed by atoms with Gasteiger partial charge in [-0.2, -0.15) is 0 Å². The van der Waals surface area contributed by atoms with Gasteiger partial charge < -0.3 is 9.53 Å². The lowest BCUT2D eigenvalue weighted by Crippen LogP contribution is -2.06. The average molecular weight is 142 g/mol. The summed E-state index contributed by atoms with van der Waals surface area (Å²) in [6.07, 6.45) is 3.35. The van der Waals surface area contributed by atoms with Gasteiger partial charge in [-0.1, -0.05) is 0 Å². The van der Waals surface area contributed by atoms with Crippen LogP contribution >= 0.6 is 0 Å². The number of ether oxygens (including phenoxy) is 1. The Hall–Kier alpha value is -0.860. The van der Waals surface area contributed by atoms with E-state index >= 15 is 0 Å². The van der Waals surface area contributed by atoms with Gasteiger partial charge in [0.1, 0.15) is 12.4 Å². The molecule has 1 atom stereocenters. The number of carbonyl (C=O) groups is 2. The van der Waals surface area contributed by atoms with Crippen molar-refractivity contribution in [2.45, 2.75) is 31.8 Å². The number of hydrogen-bond acceptors (Lipinski definition) is 3. The lowest BCUT2D eigenvalue weighted by atomic mass is 10.1. The first kappa shape index (κ1) is 7.25. The Bertz CT molecular complexity index is 142. The summed E-state index contributed by atoms with van der Waals surface area (Å²) in [5, 5.41) is 0. The molecule has 0 aromatic carbocycles. The van der Waals surface area contributed by atoms with Crippen molar-refractivity contribution in [2.24, 2.45) is 0 Å². The molecule has 0 spiro atoms. The molecule has 1 saturated heterocycles. The van der Waals surface area contributed by atoms with E-state index in [1.54, 1.807) is 0 Å². The van der Waals surface area contributed by atoms with E-state index in [2.05, 4.69) is 0 Å². The summed E-state index contributed by atoms with van der Waals surface area (Å²) < 4.78 is 4.87. The normalized spacial score (nSPS) is 24.4. The van der Waals surface area contributed by atoms with E-state index in [-0.39, 0.29) is 12.1 Å². The second-order valence-corrected chi connectivity index (χ2v) is 2.39. The van der Waals surface area contributed by atoms with Gasteiger partial charge in [0.05, 0.1) is 0 Å². The number of aldehydes is 1. The first-order valence-corrected chi connectivity index (χ1v) is 3.46. The van der Waals surface area contributed by atoms with Crippen LogP contribution in [0.3, 0.4) is 0 Å². The average Bonchev–Trinajstić information content (AvgIpc) is 2.31. The summed E-state index contributed by atoms with van der Waals surface area (Å²) in [7, 11) is 0. The van der Waals surface area contributed by atoms with Gasteiger partial charge >= 0.3 is 5.97 Å². The van der Waals surface area contributed by atoms with E-state index in [0.717, 1.165) is 12.7 Å². The van der Waals surface area contributed by atoms with E-state index in [1.807, 2.05) is 0 Å². The molecule has 0 aliphatic carbocycles. The first-order chi connectivity index (χ1) is 4.83. The number of esters is 1. The monoisotopic (exact) mass is 142 g/mol. The molecule has 3 heteroatoms. The highest BCUT2D eigenvalue weighted by molar-refractivity contribution is 5.71. The minimum atomic E-state index is -0.129. The van der Waals surface area contributed by atoms with E-state index in [1.165, 1.54) is 0 Å². The molecule has 0 bridgehead atoms. The second kappa shape index (κ2) is 3.34. The summed E-state index contributed by atoms with van der Waals surface area (Å²) in [5.41, 5.74) is 0. The van der Waals surface area contributed by atoms with Crippen molar-refractivity contribution in [3.8, 4) is 0 Å². The van der Waals surface area contributed by atoms with E-state index in [9.17, 15) is 9.59 Å². The number of hydrogen-bond donors (Lipinski definition) is 0. The van der Waals surface area contributed by atoms with Gasteiger partial charge in [0.15, 0.2) is 0 Å². The molecule has 0 N–H and O–H groups in total. The molecular formula is C7H10O3. The third kappa shape index (κ3) is 1.83. The number of carbonyl (C=O) groups excluding carboxylic acids is 2. The van der Waals surface area contributed by atoms with Crippen LogP contribution in [0.5, 0.6) is 0 Å². The lowest BCUT2D eigenvalue weighted by molar-refractivity contribution is -0.141. The van der Waals surface area contributed by atoms with E-state index < -0.39 is 0 Å². The quantitative estimate of drug-likeness (QED) is 0.429. The standard InChI is InChI=1S/C7H10O3/c8-5-1-2-6-3-4-7(9)10-6/h5-6H,1-4H2. The van der Waals surface area contributed by atoms with Crippen LogP contribution in [0.15, 0.2) is 0 Å². The highest BCUT2D eigenvalue weighted by atomic mass is 16.5. The molecule has 0 amide bonds. The van der Waals surface area contributed by atoms with Crippen molar-refractivity contribution in [1.82, 2.24) is 0 Å². The molecule has 1 aliphatic rings. The maximum atomic E-state index is 10.5. The molecular weight excluding hydrogens is 132 g/mol. The van der Waals surface area contributed by atoms with Gasteiger partial charge in [0, 0.05) is 12.8 Å². The number of rotatable bonds is 3. The Morgan fingerprint density at radius 2 is 2.50 bits per heavy atom. The molecule has 3 nitrogen and oxygen atoms in total. The highest BCUT2D eigenvalue weighted by Gasteiger charge is 2.22. The fraction of sp³-hybridized carbons (Fsp3) is 0.714. The molecule has 1 aliphatic heterocycles. The third-order valence-electron chi connectivity index (χ3n) is 1.58. The van der Waals surface area contributed by atoms with Gasteiger partial charge in [0.25, 0.3) is 0 Å². The van der Waals surface area contributed by atoms with Crippen LogP contribution in [-0.4, -0.2) is 18.4 Å². The third-order valence-corrected chi connectivity index (χ3v) is 1.58. The maximum absolute atomic E-state index is 10.5. The lowest BCUT2D eigenvalue weighted by Gasteiger charge is -2.04. The van der Waals surface area contributed by atoms with Crippen LogP contribution in [0.25, 0.3) is 0 Å². The minimum absolute atomic E-state index is 0.0118. The molecule has 1 unspecified atom stereocenters. The Balaban J connectivity index is 2.18. The van der Waals surface area contributed by atoms with Crippen molar-refractivity contribution in [3.05, 3.63) is 0 Å². The van der Waals surface area contributed by atoms with Crippen LogP contribution < -0.4 is 0 Å². The Morgan fingerprint density at radius 1 is 1.70 bits per heavy atom. The zero-order valence-corrected chi connectivity index (χ0v) is 5.71. The van der Waals surface area contributed by atoms with Crippen molar-refractivity contribution in [2.75, 3.05) is 0 Å². The summed E-state index contributed by atoms with van der Waals surface area (Å²) in [6, 6.07) is 0. The molecule has 56 valence electrons. The predicted octanol–water partition coefficient (Wildman–Crippen LogP) is 0.671. The first-order valence-electron chi connectivity index (χ1n) is 3.46. The summed E-state index contributed by atoms with van der Waals surface area (Å²) in [5.74, 6) is -0.129. The maximum Gasteiger partial charge on any atom is 0.306 e. The SMILES string of the molecule is O=CCCC1CCC(=O)O1. The summed E-state index contributed by atoms with van der Waals surface area (Å²) in [4.78, 5) is 20.4. The Labute approximate surface area is 59.4 Å². The van der Waals surface area contributed by atoms with Gasteiger partial charge in [-0.15, -0.1) is 0 Å². The van der Waals surface area contributed by atoms with Gasteiger partial charge in [0.2, 0.25) is 0 Å². The fourth-order valence-corrected chi connectivity index (χ4v) is 1.04. The molecule has 1 rings (SSSR count). The van der Waals surface area contributed by atoms with Gasteiger partial charge in [-0.25, -0.2) is 0 Å².